The Morgan fingerprint density at radius 3 is 0.882 bits per heavy atom. The van der Waals surface area contributed by atoms with E-state index in [0.717, 1.165) is 139 Å². The maximum absolute atomic E-state index is 15.7. The first-order valence-electron chi connectivity index (χ1n) is 30.6. The molecule has 0 radical (unpaired) electrons. The van der Waals surface area contributed by atoms with Gasteiger partial charge >= 0.3 is 6.18 Å². The van der Waals surface area contributed by atoms with Crippen LogP contribution in [-0.2, 0) is 6.18 Å². The van der Waals surface area contributed by atoms with Crippen molar-refractivity contribution in [1.29, 1.82) is 5.26 Å². The van der Waals surface area contributed by atoms with E-state index < -0.39 is 11.7 Å². The second-order valence-electron chi connectivity index (χ2n) is 23.3. The molecule has 10 heteroatoms. The molecule has 0 aliphatic rings. The van der Waals surface area contributed by atoms with E-state index in [1.165, 1.54) is 6.07 Å². The Balaban J connectivity index is 0.942. The van der Waals surface area contributed by atoms with Gasteiger partial charge in [0.05, 0.1) is 61.8 Å². The Morgan fingerprint density at radius 1 is 0.312 bits per heavy atom. The van der Waals surface area contributed by atoms with Gasteiger partial charge < -0.3 is 9.13 Å². The van der Waals surface area contributed by atoms with Gasteiger partial charge in [-0.2, -0.15) is 18.4 Å². The summed E-state index contributed by atoms with van der Waals surface area (Å²) in [4.78, 5) is 19.6. The van der Waals surface area contributed by atoms with Gasteiger partial charge in [-0.1, -0.05) is 182 Å². The number of hydrogen-bond acceptors (Lipinski definition) is 5. The highest BCUT2D eigenvalue weighted by Gasteiger charge is 2.35. The van der Waals surface area contributed by atoms with Crippen LogP contribution in [0, 0.1) is 18.3 Å². The van der Waals surface area contributed by atoms with E-state index in [-0.39, 0.29) is 11.1 Å². The van der Waals surface area contributed by atoms with Gasteiger partial charge in [0.2, 0.25) is 0 Å². The fourth-order valence-electron chi connectivity index (χ4n) is 13.2. The first-order valence-corrected chi connectivity index (χ1v) is 30.6. The van der Waals surface area contributed by atoms with E-state index in [1.807, 2.05) is 228 Å². The Hall–Kier alpha value is -12.3. The predicted octanol–water partition coefficient (Wildman–Crippen LogP) is 21.7. The molecule has 0 bridgehead atoms. The average molecular weight is 1200 g/mol. The molecule has 10 aromatic carbocycles. The molecular weight excluding hydrogens is 1150 g/mol. The van der Waals surface area contributed by atoms with Crippen molar-refractivity contribution in [3.63, 3.8) is 0 Å². The lowest BCUT2D eigenvalue weighted by Crippen LogP contribution is -2.10. The number of halogens is 3. The van der Waals surface area contributed by atoms with E-state index in [2.05, 4.69) is 54.6 Å². The van der Waals surface area contributed by atoms with Crippen LogP contribution in [0.15, 0.2) is 298 Å². The number of aromatic nitrogens is 6. The van der Waals surface area contributed by atoms with Gasteiger partial charge in [-0.25, -0.2) is 0 Å². The largest absolute Gasteiger partial charge is 0.417 e. The summed E-state index contributed by atoms with van der Waals surface area (Å²) in [7, 11) is 0. The second-order valence-corrected chi connectivity index (χ2v) is 23.3. The van der Waals surface area contributed by atoms with Crippen LogP contribution in [0.2, 0.25) is 0 Å². The molecule has 0 saturated heterocycles. The first kappa shape index (κ1) is 56.0. The molecule has 0 atom stereocenters. The number of benzene rings is 10. The van der Waals surface area contributed by atoms with Crippen LogP contribution < -0.4 is 0 Å². The Kier molecular flexibility index (Phi) is 13.8. The summed E-state index contributed by atoms with van der Waals surface area (Å²) >= 11 is 0. The molecule has 0 N–H and O–H groups in total. The topological polar surface area (TPSA) is 85.2 Å². The van der Waals surface area contributed by atoms with Gasteiger partial charge in [0.15, 0.2) is 0 Å². The predicted molar refractivity (Wildman–Crippen MR) is 370 cm³/mol. The van der Waals surface area contributed by atoms with Gasteiger partial charge in [-0.3, -0.25) is 19.9 Å². The minimum absolute atomic E-state index is 0.0171. The maximum atomic E-state index is 15.7. The van der Waals surface area contributed by atoms with Crippen molar-refractivity contribution < 1.29 is 13.2 Å². The minimum atomic E-state index is -4.72. The number of alkyl halides is 3. The molecule has 6 heterocycles. The van der Waals surface area contributed by atoms with E-state index in [9.17, 15) is 5.26 Å². The van der Waals surface area contributed by atoms with Crippen molar-refractivity contribution in [3.8, 4) is 118 Å². The van der Waals surface area contributed by atoms with Gasteiger partial charge in [0.1, 0.15) is 11.6 Å². The van der Waals surface area contributed by atoms with Crippen molar-refractivity contribution in [2.75, 3.05) is 0 Å². The highest BCUT2D eigenvalue weighted by atomic mass is 19.4. The number of nitrogens with zero attached hydrogens (tertiary/aromatic N) is 7. The first-order chi connectivity index (χ1) is 45.6. The molecule has 0 saturated carbocycles. The van der Waals surface area contributed by atoms with E-state index in [1.54, 1.807) is 25.1 Å². The lowest BCUT2D eigenvalue weighted by Gasteiger charge is -2.21. The van der Waals surface area contributed by atoms with Gasteiger partial charge in [0, 0.05) is 90.8 Å². The minimum Gasteiger partial charge on any atom is -0.308 e. The van der Waals surface area contributed by atoms with Crippen LogP contribution in [0.25, 0.3) is 156 Å². The zero-order valence-corrected chi connectivity index (χ0v) is 50.1. The van der Waals surface area contributed by atoms with Crippen molar-refractivity contribution in [3.05, 3.63) is 314 Å². The number of pyridine rings is 4. The third kappa shape index (κ3) is 10.1. The number of hydrogen-bond donors (Lipinski definition) is 0. The Labute approximate surface area is 533 Å². The standard InChI is InChI=1S/C83H52F3N7/c1-52-15-14-24-71(83(84,85)86)82(52)65-45-80(92-76-37-29-57(61-25-33-72(88-48-61)53-16-6-2-7-17-53)41-66(76)67-42-58(30-38-77(67)92)62-26-34-73(89-49-62)54-18-8-3-9-19-54)70(47-87)81(46-65)93-78-39-31-59(63-27-35-74(90-50-63)55-20-10-4-11-21-55)43-68(78)69-44-60(32-40-79(69)93)64-28-36-75(91-51-64)56-22-12-5-13-23-56/h2-46,48-51H,1H3. The van der Waals surface area contributed by atoms with Gasteiger partial charge in [0.25, 0.3) is 0 Å². The second kappa shape index (κ2) is 22.9. The number of aryl methyl sites for hydroxylation is 1. The molecule has 440 valence electrons. The lowest BCUT2D eigenvalue weighted by molar-refractivity contribution is -0.137. The fraction of sp³-hybridized carbons (Fsp3) is 0.0241. The average Bonchev–Trinajstić information content (AvgIpc) is 1.54. The van der Waals surface area contributed by atoms with Crippen LogP contribution in [0.4, 0.5) is 13.2 Å². The van der Waals surface area contributed by atoms with Gasteiger partial charge in [-0.15, -0.1) is 0 Å². The molecule has 0 aliphatic carbocycles. The van der Waals surface area contributed by atoms with Crippen LogP contribution >= 0.6 is 0 Å². The molecular formula is C83H52F3N7. The number of nitriles is 1. The lowest BCUT2D eigenvalue weighted by atomic mass is 9.92. The van der Waals surface area contributed by atoms with E-state index >= 15 is 13.2 Å². The van der Waals surface area contributed by atoms with E-state index in [0.29, 0.717) is 22.5 Å². The highest BCUT2D eigenvalue weighted by Crippen LogP contribution is 2.46. The highest BCUT2D eigenvalue weighted by molar-refractivity contribution is 6.14. The number of rotatable bonds is 11. The van der Waals surface area contributed by atoms with Crippen molar-refractivity contribution >= 4 is 43.6 Å². The summed E-state index contributed by atoms with van der Waals surface area (Å²) in [5.74, 6) is 0. The summed E-state index contributed by atoms with van der Waals surface area (Å²) in [6.07, 6.45) is 2.80. The molecule has 0 unspecified atom stereocenters. The molecule has 0 aliphatic heterocycles. The van der Waals surface area contributed by atoms with Crippen molar-refractivity contribution in [2.45, 2.75) is 13.1 Å². The van der Waals surface area contributed by atoms with Gasteiger partial charge in [-0.05, 0) is 137 Å². The normalized spacial score (nSPS) is 11.6. The fourth-order valence-corrected chi connectivity index (χ4v) is 13.2. The summed E-state index contributed by atoms with van der Waals surface area (Å²) in [5, 5.41) is 15.5. The molecule has 16 rings (SSSR count). The number of fused-ring (bicyclic) bond motifs is 6. The third-order valence-corrected chi connectivity index (χ3v) is 17.8. The molecule has 7 nitrogen and oxygen atoms in total. The molecule has 0 spiro atoms. The molecule has 0 fully saturated rings. The quantitative estimate of drug-likeness (QED) is 0.129. The smallest absolute Gasteiger partial charge is 0.308 e. The maximum Gasteiger partial charge on any atom is 0.417 e. The zero-order valence-electron chi connectivity index (χ0n) is 50.1. The van der Waals surface area contributed by atoms with Crippen molar-refractivity contribution in [1.82, 2.24) is 29.1 Å². The Bertz CT molecular complexity index is 4980. The zero-order chi connectivity index (χ0) is 62.7. The van der Waals surface area contributed by atoms with Crippen LogP contribution in [-0.4, -0.2) is 29.1 Å². The van der Waals surface area contributed by atoms with Crippen LogP contribution in [0.1, 0.15) is 16.7 Å². The monoisotopic (exact) mass is 1200 g/mol. The SMILES string of the molecule is Cc1cccc(C(F)(F)F)c1-c1cc(-n2c3ccc(-c4ccc(-c5ccccc5)nc4)cc3c3cc(-c4ccc(-c5ccccc5)nc4)ccc32)c(C#N)c(-n2c3ccc(-c4ccc(-c5ccccc5)nc4)cc3c3cc(-c4ccc(-c5ccccc5)nc4)ccc32)c1. The third-order valence-electron chi connectivity index (χ3n) is 17.8. The molecule has 6 aromatic heterocycles. The summed E-state index contributed by atoms with van der Waals surface area (Å²) in [5.41, 5.74) is 18.6. The molecule has 16 aromatic rings. The summed E-state index contributed by atoms with van der Waals surface area (Å²) in [6.45, 7) is 1.71. The van der Waals surface area contributed by atoms with Crippen LogP contribution in [0.3, 0.4) is 0 Å². The summed E-state index contributed by atoms with van der Waals surface area (Å²) < 4.78 is 51.2. The van der Waals surface area contributed by atoms with E-state index in [4.69, 9.17) is 19.9 Å². The molecule has 93 heavy (non-hydrogen) atoms. The molecule has 0 amide bonds. The van der Waals surface area contributed by atoms with Crippen LogP contribution in [0.5, 0.6) is 0 Å². The van der Waals surface area contributed by atoms with Crippen molar-refractivity contribution in [2.24, 2.45) is 0 Å². The summed E-state index contributed by atoms with van der Waals surface area (Å²) in [6, 6.07) is 91.9. The Morgan fingerprint density at radius 2 is 0.613 bits per heavy atom.